The van der Waals surface area contributed by atoms with Gasteiger partial charge in [0, 0.05) is 18.4 Å². The van der Waals surface area contributed by atoms with Crippen molar-refractivity contribution in [1.82, 2.24) is 0 Å². The lowest BCUT2D eigenvalue weighted by Gasteiger charge is -2.12. The molecule has 0 fully saturated rings. The molecule has 0 amide bonds. The fourth-order valence-electron chi connectivity index (χ4n) is 1.76. The third kappa shape index (κ3) is 3.36. The van der Waals surface area contributed by atoms with E-state index in [-0.39, 0.29) is 5.82 Å². The molecule has 0 aliphatic rings. The molecule has 2 aromatic rings. The Morgan fingerprint density at radius 2 is 1.95 bits per heavy atom. The van der Waals surface area contributed by atoms with E-state index in [1.807, 2.05) is 32.2 Å². The standard InChI is InChI=1S/C15H17FN2OS/c1-10-8-11(16)4-6-13(10)18-20-15-9-12(17-2)5-7-14(15)19-3/h4-9,17-18H,1-3H3. The minimum atomic E-state index is -0.229. The van der Waals surface area contributed by atoms with Gasteiger partial charge in [0.15, 0.2) is 0 Å². The highest BCUT2D eigenvalue weighted by molar-refractivity contribution is 8.00. The quantitative estimate of drug-likeness (QED) is 0.805. The van der Waals surface area contributed by atoms with Crippen molar-refractivity contribution in [2.75, 3.05) is 24.2 Å². The summed E-state index contributed by atoms with van der Waals surface area (Å²) >= 11 is 1.44. The Bertz CT molecular complexity index is 604. The SMILES string of the molecule is CNc1ccc(OC)c(SNc2ccc(F)cc2C)c1. The lowest BCUT2D eigenvalue weighted by atomic mass is 10.2. The van der Waals surface area contributed by atoms with Gasteiger partial charge in [0.1, 0.15) is 11.6 Å². The van der Waals surface area contributed by atoms with Gasteiger partial charge in [0.05, 0.1) is 12.0 Å². The van der Waals surface area contributed by atoms with E-state index in [2.05, 4.69) is 10.0 Å². The molecule has 106 valence electrons. The lowest BCUT2D eigenvalue weighted by molar-refractivity contribution is 0.405. The second-order valence-electron chi connectivity index (χ2n) is 4.28. The first-order valence-corrected chi connectivity index (χ1v) is 7.00. The second kappa shape index (κ2) is 6.52. The third-order valence-corrected chi connectivity index (χ3v) is 3.77. The number of rotatable bonds is 5. The minimum absolute atomic E-state index is 0.229. The van der Waals surface area contributed by atoms with Crippen LogP contribution in [0.3, 0.4) is 0 Å². The van der Waals surface area contributed by atoms with Crippen molar-refractivity contribution in [2.45, 2.75) is 11.8 Å². The molecule has 0 unspecified atom stereocenters. The van der Waals surface area contributed by atoms with Gasteiger partial charge in [0.2, 0.25) is 0 Å². The molecule has 0 saturated carbocycles. The first kappa shape index (κ1) is 14.5. The topological polar surface area (TPSA) is 33.3 Å². The molecule has 5 heteroatoms. The molecule has 0 heterocycles. The van der Waals surface area contributed by atoms with Crippen LogP contribution < -0.4 is 14.8 Å². The molecule has 0 radical (unpaired) electrons. The van der Waals surface area contributed by atoms with Crippen molar-refractivity contribution in [3.05, 3.63) is 47.8 Å². The van der Waals surface area contributed by atoms with Crippen LogP contribution in [-0.2, 0) is 0 Å². The predicted octanol–water partition coefficient (Wildman–Crippen LogP) is 4.30. The maximum absolute atomic E-state index is 13.1. The number of hydrogen-bond acceptors (Lipinski definition) is 4. The van der Waals surface area contributed by atoms with E-state index in [4.69, 9.17) is 4.74 Å². The largest absolute Gasteiger partial charge is 0.496 e. The van der Waals surface area contributed by atoms with Crippen LogP contribution in [0, 0.1) is 12.7 Å². The maximum Gasteiger partial charge on any atom is 0.134 e. The first-order chi connectivity index (χ1) is 9.63. The monoisotopic (exact) mass is 292 g/mol. The number of aryl methyl sites for hydroxylation is 1. The van der Waals surface area contributed by atoms with Gasteiger partial charge < -0.3 is 14.8 Å². The van der Waals surface area contributed by atoms with Crippen molar-refractivity contribution in [3.8, 4) is 5.75 Å². The molecule has 0 aromatic heterocycles. The molecule has 20 heavy (non-hydrogen) atoms. The van der Waals surface area contributed by atoms with Crippen LogP contribution in [0.15, 0.2) is 41.3 Å². The third-order valence-electron chi connectivity index (χ3n) is 2.91. The molecule has 3 nitrogen and oxygen atoms in total. The molecular formula is C15H17FN2OS. The van der Waals surface area contributed by atoms with Gasteiger partial charge in [-0.3, -0.25) is 0 Å². The van der Waals surface area contributed by atoms with Gasteiger partial charge in [-0.1, -0.05) is 0 Å². The van der Waals surface area contributed by atoms with Gasteiger partial charge in [-0.15, -0.1) is 0 Å². The van der Waals surface area contributed by atoms with Gasteiger partial charge in [-0.2, -0.15) is 0 Å². The molecule has 2 N–H and O–H groups in total. The van der Waals surface area contributed by atoms with Crippen molar-refractivity contribution in [3.63, 3.8) is 0 Å². The molecule has 2 rings (SSSR count). The normalized spacial score (nSPS) is 10.2. The lowest BCUT2D eigenvalue weighted by Crippen LogP contribution is -1.95. The van der Waals surface area contributed by atoms with Crippen LogP contribution in [0.5, 0.6) is 5.75 Å². The van der Waals surface area contributed by atoms with Crippen LogP contribution in [-0.4, -0.2) is 14.2 Å². The Morgan fingerprint density at radius 3 is 2.60 bits per heavy atom. The minimum Gasteiger partial charge on any atom is -0.496 e. The molecule has 0 saturated heterocycles. The van der Waals surface area contributed by atoms with Gasteiger partial charge in [0.25, 0.3) is 0 Å². The Hall–Kier alpha value is -1.88. The van der Waals surface area contributed by atoms with Crippen molar-refractivity contribution in [2.24, 2.45) is 0 Å². The summed E-state index contributed by atoms with van der Waals surface area (Å²) in [6, 6.07) is 10.5. The van der Waals surface area contributed by atoms with Crippen LogP contribution >= 0.6 is 11.9 Å². The number of anilines is 2. The van der Waals surface area contributed by atoms with E-state index in [0.29, 0.717) is 0 Å². The summed E-state index contributed by atoms with van der Waals surface area (Å²) in [5, 5.41) is 3.09. The highest BCUT2D eigenvalue weighted by atomic mass is 32.2. The molecule has 0 aliphatic heterocycles. The van der Waals surface area contributed by atoms with Crippen LogP contribution in [0.4, 0.5) is 15.8 Å². The van der Waals surface area contributed by atoms with Crippen molar-refractivity contribution >= 4 is 23.3 Å². The summed E-state index contributed by atoms with van der Waals surface area (Å²) in [4.78, 5) is 0.961. The van der Waals surface area contributed by atoms with Crippen LogP contribution in [0.25, 0.3) is 0 Å². The maximum atomic E-state index is 13.1. The summed E-state index contributed by atoms with van der Waals surface area (Å²) in [5.41, 5.74) is 2.75. The smallest absolute Gasteiger partial charge is 0.134 e. The van der Waals surface area contributed by atoms with Gasteiger partial charge in [-0.25, -0.2) is 4.39 Å². The Balaban J connectivity index is 2.17. The fourth-order valence-corrected chi connectivity index (χ4v) is 2.65. The number of methoxy groups -OCH3 is 1. The van der Waals surface area contributed by atoms with E-state index >= 15 is 0 Å². The second-order valence-corrected chi connectivity index (χ2v) is 5.13. The highest BCUT2D eigenvalue weighted by Gasteiger charge is 2.06. The molecule has 0 atom stereocenters. The van der Waals surface area contributed by atoms with Gasteiger partial charge in [-0.05, 0) is 60.8 Å². The van der Waals surface area contributed by atoms with Crippen LogP contribution in [0.1, 0.15) is 5.56 Å². The molecule has 0 aliphatic carbocycles. The number of benzene rings is 2. The zero-order valence-electron chi connectivity index (χ0n) is 11.7. The zero-order chi connectivity index (χ0) is 14.5. The van der Waals surface area contributed by atoms with Gasteiger partial charge >= 0.3 is 0 Å². The van der Waals surface area contributed by atoms with Crippen LogP contribution in [0.2, 0.25) is 0 Å². The van der Waals surface area contributed by atoms with Crippen molar-refractivity contribution in [1.29, 1.82) is 0 Å². The number of ether oxygens (including phenoxy) is 1. The molecule has 0 spiro atoms. The van der Waals surface area contributed by atoms with Crippen molar-refractivity contribution < 1.29 is 9.13 Å². The average Bonchev–Trinajstić information content (AvgIpc) is 2.46. The summed E-state index contributed by atoms with van der Waals surface area (Å²) < 4.78 is 21.6. The first-order valence-electron chi connectivity index (χ1n) is 6.19. The molecule has 0 bridgehead atoms. The Morgan fingerprint density at radius 1 is 1.15 bits per heavy atom. The summed E-state index contributed by atoms with van der Waals surface area (Å²) in [6.07, 6.45) is 0. The summed E-state index contributed by atoms with van der Waals surface area (Å²) in [5.74, 6) is 0.564. The fraction of sp³-hybridized carbons (Fsp3) is 0.200. The highest BCUT2D eigenvalue weighted by Crippen LogP contribution is 2.33. The Kier molecular flexibility index (Phi) is 4.74. The zero-order valence-corrected chi connectivity index (χ0v) is 12.5. The predicted molar refractivity (Wildman–Crippen MR) is 83.2 cm³/mol. The Labute approximate surface area is 122 Å². The molecule has 2 aromatic carbocycles. The van der Waals surface area contributed by atoms with E-state index in [1.54, 1.807) is 13.2 Å². The average molecular weight is 292 g/mol. The van der Waals surface area contributed by atoms with E-state index in [0.717, 1.165) is 27.6 Å². The number of hydrogen-bond donors (Lipinski definition) is 2. The van der Waals surface area contributed by atoms with E-state index in [9.17, 15) is 4.39 Å². The van der Waals surface area contributed by atoms with E-state index < -0.39 is 0 Å². The summed E-state index contributed by atoms with van der Waals surface area (Å²) in [6.45, 7) is 1.87. The molecular weight excluding hydrogens is 275 g/mol. The van der Waals surface area contributed by atoms with E-state index in [1.165, 1.54) is 24.1 Å². The number of nitrogens with one attached hydrogen (secondary N) is 2. The summed E-state index contributed by atoms with van der Waals surface area (Å²) in [7, 11) is 3.51. The number of halogens is 1.